The molecule has 0 radical (unpaired) electrons. The van der Waals surface area contributed by atoms with E-state index in [2.05, 4.69) is 0 Å². The van der Waals surface area contributed by atoms with E-state index >= 15 is 0 Å². The Kier molecular flexibility index (Phi) is 3.85. The molecule has 0 saturated carbocycles. The van der Waals surface area contributed by atoms with Gasteiger partial charge in [0.25, 0.3) is 0 Å². The van der Waals surface area contributed by atoms with Gasteiger partial charge in [-0.2, -0.15) is 0 Å². The van der Waals surface area contributed by atoms with E-state index in [1.54, 1.807) is 6.07 Å². The van der Waals surface area contributed by atoms with Crippen molar-refractivity contribution >= 4 is 5.78 Å². The molecule has 0 bridgehead atoms. The van der Waals surface area contributed by atoms with Crippen molar-refractivity contribution in [2.24, 2.45) is 0 Å². The number of para-hydroxylation sites is 1. The van der Waals surface area contributed by atoms with E-state index in [4.69, 9.17) is 4.74 Å². The van der Waals surface area contributed by atoms with E-state index in [9.17, 15) is 18.0 Å². The van der Waals surface area contributed by atoms with Gasteiger partial charge in [-0.05, 0) is 24.3 Å². The molecule has 0 saturated heterocycles. The Hall–Kier alpha value is -2.30. The lowest BCUT2D eigenvalue weighted by atomic mass is 10.1. The maximum absolute atomic E-state index is 13.3. The lowest BCUT2D eigenvalue weighted by Gasteiger charge is -2.06. The van der Waals surface area contributed by atoms with Crippen LogP contribution in [0.25, 0.3) is 0 Å². The highest BCUT2D eigenvalue weighted by atomic mass is 19.1. The molecule has 0 aliphatic carbocycles. The number of carbonyl (C=O) groups is 1. The van der Waals surface area contributed by atoms with E-state index < -0.39 is 29.8 Å². The number of carbonyl (C=O) groups excluding carboxylic acids is 1. The Morgan fingerprint density at radius 2 is 1.74 bits per heavy atom. The first-order valence-corrected chi connectivity index (χ1v) is 5.43. The molecule has 2 aromatic carbocycles. The molecule has 0 atom stereocenters. The first-order valence-electron chi connectivity index (χ1n) is 5.43. The zero-order valence-corrected chi connectivity index (χ0v) is 9.70. The Morgan fingerprint density at radius 3 is 2.42 bits per heavy atom. The van der Waals surface area contributed by atoms with Crippen molar-refractivity contribution < 1.29 is 22.7 Å². The van der Waals surface area contributed by atoms with Crippen molar-refractivity contribution in [1.29, 1.82) is 0 Å². The molecule has 0 heterocycles. The average Bonchev–Trinajstić information content (AvgIpc) is 2.37. The Balaban J connectivity index is 2.08. The molecule has 0 amide bonds. The van der Waals surface area contributed by atoms with Gasteiger partial charge in [-0.3, -0.25) is 4.79 Å². The lowest BCUT2D eigenvalue weighted by Crippen LogP contribution is -2.14. The molecule has 0 aliphatic rings. The second-order valence-electron chi connectivity index (χ2n) is 3.77. The minimum atomic E-state index is -0.970. The summed E-state index contributed by atoms with van der Waals surface area (Å²) in [5, 5.41) is 0. The van der Waals surface area contributed by atoms with E-state index in [0.717, 1.165) is 12.1 Å². The summed E-state index contributed by atoms with van der Waals surface area (Å²) in [6.07, 6.45) is 0. The minimum Gasteiger partial charge on any atom is -0.482 e. The zero-order valence-electron chi connectivity index (χ0n) is 9.70. The van der Waals surface area contributed by atoms with Gasteiger partial charge in [0.2, 0.25) is 5.78 Å². The Morgan fingerprint density at radius 1 is 1.00 bits per heavy atom. The summed E-state index contributed by atoms with van der Waals surface area (Å²) in [6, 6.07) is 8.15. The number of ether oxygens (including phenoxy) is 1. The largest absolute Gasteiger partial charge is 0.482 e. The third kappa shape index (κ3) is 3.13. The SMILES string of the molecule is O=C(COc1ccccc1F)c1ccc(F)cc1F. The van der Waals surface area contributed by atoms with Crippen LogP contribution in [0, 0.1) is 17.5 Å². The van der Waals surface area contributed by atoms with Crippen LogP contribution in [0.1, 0.15) is 10.4 Å². The second-order valence-corrected chi connectivity index (χ2v) is 3.77. The van der Waals surface area contributed by atoms with E-state index in [1.807, 2.05) is 0 Å². The van der Waals surface area contributed by atoms with Crippen molar-refractivity contribution in [3.05, 3.63) is 65.5 Å². The van der Waals surface area contributed by atoms with Gasteiger partial charge in [0.15, 0.2) is 18.2 Å². The summed E-state index contributed by atoms with van der Waals surface area (Å²) in [6.45, 7) is -0.524. The predicted molar refractivity (Wildman–Crippen MR) is 62.6 cm³/mol. The third-order valence-electron chi connectivity index (χ3n) is 2.43. The van der Waals surface area contributed by atoms with Gasteiger partial charge in [0, 0.05) is 6.07 Å². The number of ketones is 1. The summed E-state index contributed by atoms with van der Waals surface area (Å²) in [7, 11) is 0. The fourth-order valence-electron chi connectivity index (χ4n) is 1.50. The number of rotatable bonds is 4. The first kappa shape index (κ1) is 13.1. The van der Waals surface area contributed by atoms with Gasteiger partial charge in [-0.25, -0.2) is 13.2 Å². The van der Waals surface area contributed by atoms with Gasteiger partial charge in [-0.15, -0.1) is 0 Å². The van der Waals surface area contributed by atoms with Crippen LogP contribution in [0.2, 0.25) is 0 Å². The van der Waals surface area contributed by atoms with Crippen LogP contribution in [0.4, 0.5) is 13.2 Å². The highest BCUT2D eigenvalue weighted by molar-refractivity contribution is 5.97. The molecule has 0 unspecified atom stereocenters. The summed E-state index contributed by atoms with van der Waals surface area (Å²) in [5.74, 6) is -3.15. The van der Waals surface area contributed by atoms with Gasteiger partial charge in [0.05, 0.1) is 5.56 Å². The molecular weight excluding hydrogens is 257 g/mol. The van der Waals surface area contributed by atoms with Crippen molar-refractivity contribution in [2.75, 3.05) is 6.61 Å². The van der Waals surface area contributed by atoms with Crippen molar-refractivity contribution in [3.63, 3.8) is 0 Å². The summed E-state index contributed by atoms with van der Waals surface area (Å²) in [5.41, 5.74) is -0.294. The van der Waals surface area contributed by atoms with Gasteiger partial charge in [-0.1, -0.05) is 12.1 Å². The monoisotopic (exact) mass is 266 g/mol. The maximum atomic E-state index is 13.3. The number of hydrogen-bond acceptors (Lipinski definition) is 2. The van der Waals surface area contributed by atoms with Gasteiger partial charge in [0.1, 0.15) is 11.6 Å². The fraction of sp³-hybridized carbons (Fsp3) is 0.0714. The fourth-order valence-corrected chi connectivity index (χ4v) is 1.50. The average molecular weight is 266 g/mol. The van der Waals surface area contributed by atoms with Crippen molar-refractivity contribution in [3.8, 4) is 5.75 Å². The molecule has 0 aromatic heterocycles. The number of benzene rings is 2. The Labute approximate surface area is 107 Å². The molecule has 5 heteroatoms. The molecule has 2 rings (SSSR count). The first-order chi connectivity index (χ1) is 9.08. The van der Waals surface area contributed by atoms with Crippen LogP contribution in [0.5, 0.6) is 5.75 Å². The topological polar surface area (TPSA) is 26.3 Å². The van der Waals surface area contributed by atoms with Crippen molar-refractivity contribution in [2.45, 2.75) is 0 Å². The van der Waals surface area contributed by atoms with Crippen LogP contribution in [0.3, 0.4) is 0 Å². The molecule has 0 spiro atoms. The van der Waals surface area contributed by atoms with Crippen LogP contribution in [0.15, 0.2) is 42.5 Å². The molecule has 2 nitrogen and oxygen atoms in total. The molecule has 19 heavy (non-hydrogen) atoms. The molecule has 0 fully saturated rings. The summed E-state index contributed by atoms with van der Waals surface area (Å²) >= 11 is 0. The smallest absolute Gasteiger partial charge is 0.203 e. The Bertz CT molecular complexity index is 611. The summed E-state index contributed by atoms with van der Waals surface area (Å²) in [4.78, 5) is 11.7. The predicted octanol–water partition coefficient (Wildman–Crippen LogP) is 3.37. The molecular formula is C14H9F3O2. The third-order valence-corrected chi connectivity index (χ3v) is 2.43. The quantitative estimate of drug-likeness (QED) is 0.793. The van der Waals surface area contributed by atoms with E-state index in [0.29, 0.717) is 6.07 Å². The number of hydrogen-bond donors (Lipinski definition) is 0. The highest BCUT2D eigenvalue weighted by Crippen LogP contribution is 2.16. The number of halogens is 3. The molecule has 0 N–H and O–H groups in total. The van der Waals surface area contributed by atoms with Crippen LogP contribution < -0.4 is 4.74 Å². The van der Waals surface area contributed by atoms with Crippen LogP contribution in [-0.4, -0.2) is 12.4 Å². The minimum absolute atomic E-state index is 0.0987. The van der Waals surface area contributed by atoms with Crippen LogP contribution >= 0.6 is 0 Å². The standard InChI is InChI=1S/C14H9F3O2/c15-9-5-6-10(12(17)7-9)13(18)8-19-14-4-2-1-3-11(14)16/h1-7H,8H2. The van der Waals surface area contributed by atoms with Crippen molar-refractivity contribution in [1.82, 2.24) is 0 Å². The van der Waals surface area contributed by atoms with E-state index in [-0.39, 0.29) is 11.3 Å². The van der Waals surface area contributed by atoms with Gasteiger partial charge >= 0.3 is 0 Å². The summed E-state index contributed by atoms with van der Waals surface area (Å²) < 4.78 is 44.2. The van der Waals surface area contributed by atoms with E-state index in [1.165, 1.54) is 18.2 Å². The second kappa shape index (κ2) is 5.56. The normalized spacial score (nSPS) is 10.3. The highest BCUT2D eigenvalue weighted by Gasteiger charge is 2.14. The van der Waals surface area contributed by atoms with Gasteiger partial charge < -0.3 is 4.74 Å². The van der Waals surface area contributed by atoms with Crippen LogP contribution in [-0.2, 0) is 0 Å². The molecule has 2 aromatic rings. The molecule has 0 aliphatic heterocycles. The maximum Gasteiger partial charge on any atom is 0.203 e. The zero-order chi connectivity index (χ0) is 13.8. The lowest BCUT2D eigenvalue weighted by molar-refractivity contribution is 0.0914. The number of Topliss-reactive ketones (excluding diaryl/α,β-unsaturated/α-hetero) is 1. The molecule has 98 valence electrons.